The Balaban J connectivity index is 1.98. The molecule has 0 unspecified atom stereocenters. The normalized spacial score (nSPS) is 14.8. The maximum atomic E-state index is 13.0. The largest absolute Gasteiger partial charge is 0.435 e. The van der Waals surface area contributed by atoms with Gasteiger partial charge < -0.3 is 5.32 Å². The van der Waals surface area contributed by atoms with E-state index in [1.54, 1.807) is 18.2 Å². The summed E-state index contributed by atoms with van der Waals surface area (Å²) in [5, 5.41) is 5.78. The minimum atomic E-state index is -4.69. The number of aromatic nitrogens is 3. The molecule has 0 saturated carbocycles. The third-order valence-corrected chi connectivity index (χ3v) is 4.22. The van der Waals surface area contributed by atoms with Crippen LogP contribution < -0.4 is 5.32 Å². The number of rotatable bonds is 4. The number of anilines is 1. The molecule has 11 heteroatoms. The Labute approximate surface area is 154 Å². The zero-order valence-electron chi connectivity index (χ0n) is 14.6. The third kappa shape index (κ3) is 3.60. The molecule has 0 fully saturated rings. The second kappa shape index (κ2) is 6.35. The van der Waals surface area contributed by atoms with Gasteiger partial charge >= 0.3 is 12.4 Å². The summed E-state index contributed by atoms with van der Waals surface area (Å²) in [6.45, 7) is 1.76. The fourth-order valence-corrected chi connectivity index (χ4v) is 2.46. The predicted octanol–water partition coefficient (Wildman–Crippen LogP) is 4.62. The zero-order chi connectivity index (χ0) is 20.9. The number of imidazole rings is 1. The lowest BCUT2D eigenvalue weighted by atomic mass is 9.88. The summed E-state index contributed by atoms with van der Waals surface area (Å²) in [6, 6.07) is 1.80. The van der Waals surface area contributed by atoms with Crippen molar-refractivity contribution in [3.8, 4) is 0 Å². The number of amides is 1. The standard InChI is InChI=1S/C17H14F6N4O/c1-15(2,17(21,22)23)8-12(28)25-14-13(9-4-3-5-9)27-11(24-14)7-6-10(26-27)16(18,19)20/h3-7H,8H2,1-2H3,(H,25,28). The van der Waals surface area contributed by atoms with Crippen LogP contribution in [0.15, 0.2) is 30.4 Å². The summed E-state index contributed by atoms with van der Waals surface area (Å²) in [7, 11) is 0. The van der Waals surface area contributed by atoms with Crippen LogP contribution in [0.3, 0.4) is 0 Å². The summed E-state index contributed by atoms with van der Waals surface area (Å²) in [5.41, 5.74) is -2.95. The van der Waals surface area contributed by atoms with Crippen molar-refractivity contribution in [2.24, 2.45) is 5.41 Å². The van der Waals surface area contributed by atoms with Gasteiger partial charge in [0.2, 0.25) is 5.91 Å². The fourth-order valence-electron chi connectivity index (χ4n) is 2.46. The quantitative estimate of drug-likeness (QED) is 0.757. The highest BCUT2D eigenvalue weighted by atomic mass is 19.4. The molecule has 2 aromatic rings. The fraction of sp³-hybridized carbons (Fsp3) is 0.353. The summed E-state index contributed by atoms with van der Waals surface area (Å²) in [4.78, 5) is 16.2. The minimum absolute atomic E-state index is 0.00887. The highest BCUT2D eigenvalue weighted by Crippen LogP contribution is 2.40. The van der Waals surface area contributed by atoms with E-state index in [9.17, 15) is 31.1 Å². The van der Waals surface area contributed by atoms with Gasteiger partial charge in [0.25, 0.3) is 0 Å². The predicted molar refractivity (Wildman–Crippen MR) is 88.2 cm³/mol. The van der Waals surface area contributed by atoms with Gasteiger partial charge in [0.15, 0.2) is 17.2 Å². The zero-order valence-corrected chi connectivity index (χ0v) is 14.6. The first kappa shape index (κ1) is 19.9. The van der Waals surface area contributed by atoms with Crippen LogP contribution in [0, 0.1) is 5.41 Å². The number of hydrogen-bond donors (Lipinski definition) is 1. The molecule has 1 amide bonds. The van der Waals surface area contributed by atoms with Crippen LogP contribution in [0.4, 0.5) is 32.2 Å². The van der Waals surface area contributed by atoms with Crippen molar-refractivity contribution in [3.05, 3.63) is 41.7 Å². The number of alkyl halides is 6. The lowest BCUT2D eigenvalue weighted by molar-refractivity contribution is -0.213. The van der Waals surface area contributed by atoms with Crippen molar-refractivity contribution >= 4 is 22.9 Å². The van der Waals surface area contributed by atoms with E-state index in [-0.39, 0.29) is 17.2 Å². The molecule has 3 rings (SSSR count). The topological polar surface area (TPSA) is 59.3 Å². The molecule has 28 heavy (non-hydrogen) atoms. The molecule has 0 bridgehead atoms. The molecule has 150 valence electrons. The molecule has 0 aromatic carbocycles. The van der Waals surface area contributed by atoms with Gasteiger partial charge in [-0.3, -0.25) is 4.79 Å². The first-order chi connectivity index (χ1) is 12.8. The molecule has 0 atom stereocenters. The third-order valence-electron chi connectivity index (χ3n) is 4.22. The van der Waals surface area contributed by atoms with Gasteiger partial charge in [-0.05, 0) is 12.1 Å². The lowest BCUT2D eigenvalue weighted by Crippen LogP contribution is -2.36. The summed E-state index contributed by atoms with van der Waals surface area (Å²) in [5.74, 6) is -1.13. The van der Waals surface area contributed by atoms with Crippen molar-refractivity contribution in [2.75, 3.05) is 5.32 Å². The number of hydrogen-bond acceptors (Lipinski definition) is 3. The highest BCUT2D eigenvalue weighted by molar-refractivity contribution is 5.95. The SMILES string of the molecule is CC(C)(CC(=O)Nc1nc2ccc(C(F)(F)F)nn2c1C1=CC=C1)C(F)(F)F. The molecule has 1 N–H and O–H groups in total. The van der Waals surface area contributed by atoms with Crippen LogP contribution in [-0.2, 0) is 11.0 Å². The molecule has 0 radical (unpaired) electrons. The first-order valence-corrected chi connectivity index (χ1v) is 8.02. The Bertz CT molecular complexity index is 997. The van der Waals surface area contributed by atoms with Crippen molar-refractivity contribution in [2.45, 2.75) is 32.6 Å². The molecule has 5 nitrogen and oxygen atoms in total. The highest BCUT2D eigenvalue weighted by Gasteiger charge is 2.48. The van der Waals surface area contributed by atoms with Crippen LogP contribution in [0.25, 0.3) is 11.2 Å². The molecule has 0 saturated heterocycles. The van der Waals surface area contributed by atoms with Gasteiger partial charge in [-0.15, -0.1) is 0 Å². The maximum absolute atomic E-state index is 13.0. The van der Waals surface area contributed by atoms with Gasteiger partial charge in [-0.1, -0.05) is 32.1 Å². The van der Waals surface area contributed by atoms with Crippen LogP contribution >= 0.6 is 0 Å². The molecular weight excluding hydrogens is 390 g/mol. The van der Waals surface area contributed by atoms with E-state index in [1.165, 1.54) is 0 Å². The monoisotopic (exact) mass is 404 g/mol. The average Bonchev–Trinajstić information content (AvgIpc) is 2.80. The second-order valence-electron chi connectivity index (χ2n) is 6.88. The summed E-state index contributed by atoms with van der Waals surface area (Å²) in [6.07, 6.45) is -5.45. The molecular formula is C17H14F6N4O. The smallest absolute Gasteiger partial charge is 0.309 e. The van der Waals surface area contributed by atoms with Gasteiger partial charge in [-0.2, -0.15) is 31.4 Å². The number of carbonyl (C=O) groups is 1. The first-order valence-electron chi connectivity index (χ1n) is 8.02. The van der Waals surface area contributed by atoms with Crippen LogP contribution in [-0.4, -0.2) is 26.7 Å². The number of allylic oxidation sites excluding steroid dienone is 4. The van der Waals surface area contributed by atoms with Crippen LogP contribution in [0.5, 0.6) is 0 Å². The average molecular weight is 404 g/mol. The molecule has 0 spiro atoms. The lowest BCUT2D eigenvalue weighted by Gasteiger charge is -2.26. The Morgan fingerprint density at radius 2 is 1.79 bits per heavy atom. The van der Waals surface area contributed by atoms with Crippen molar-refractivity contribution in [1.29, 1.82) is 0 Å². The molecule has 0 aliphatic heterocycles. The van der Waals surface area contributed by atoms with E-state index in [0.29, 0.717) is 5.57 Å². The van der Waals surface area contributed by atoms with Gasteiger partial charge in [0.1, 0.15) is 5.69 Å². The van der Waals surface area contributed by atoms with Gasteiger partial charge in [0.05, 0.1) is 5.41 Å². The molecule has 2 heterocycles. The van der Waals surface area contributed by atoms with E-state index < -0.39 is 35.8 Å². The molecule has 1 aliphatic carbocycles. The van der Waals surface area contributed by atoms with Crippen molar-refractivity contribution in [3.63, 3.8) is 0 Å². The van der Waals surface area contributed by atoms with E-state index in [2.05, 4.69) is 15.4 Å². The van der Waals surface area contributed by atoms with E-state index in [0.717, 1.165) is 30.5 Å². The minimum Gasteiger partial charge on any atom is -0.309 e. The molecule has 1 aliphatic rings. The van der Waals surface area contributed by atoms with Gasteiger partial charge in [0, 0.05) is 12.0 Å². The Morgan fingerprint density at radius 3 is 2.29 bits per heavy atom. The van der Waals surface area contributed by atoms with E-state index >= 15 is 0 Å². The number of halogens is 6. The van der Waals surface area contributed by atoms with Crippen LogP contribution in [0.1, 0.15) is 31.7 Å². The number of fused-ring (bicyclic) bond motifs is 1. The number of nitrogens with zero attached hydrogens (tertiary/aromatic N) is 3. The second-order valence-corrected chi connectivity index (χ2v) is 6.88. The van der Waals surface area contributed by atoms with E-state index in [4.69, 9.17) is 0 Å². The Morgan fingerprint density at radius 1 is 1.14 bits per heavy atom. The number of nitrogens with one attached hydrogen (secondary N) is 1. The Kier molecular flexibility index (Phi) is 4.51. The maximum Gasteiger partial charge on any atom is 0.435 e. The van der Waals surface area contributed by atoms with Gasteiger partial charge in [-0.25, -0.2) is 9.50 Å². The van der Waals surface area contributed by atoms with Crippen molar-refractivity contribution < 1.29 is 31.1 Å². The summed E-state index contributed by atoms with van der Waals surface area (Å²) >= 11 is 0. The summed E-state index contributed by atoms with van der Waals surface area (Å²) < 4.78 is 78.8. The molecule has 2 aromatic heterocycles. The Hall–Kier alpha value is -2.85. The number of carbonyl (C=O) groups excluding carboxylic acids is 1. The van der Waals surface area contributed by atoms with Crippen LogP contribution in [0.2, 0.25) is 0 Å². The van der Waals surface area contributed by atoms with E-state index in [1.807, 2.05) is 0 Å². The van der Waals surface area contributed by atoms with Crippen molar-refractivity contribution in [1.82, 2.24) is 14.6 Å².